The second kappa shape index (κ2) is 9.26. The lowest BCUT2D eigenvalue weighted by molar-refractivity contribution is 0.0939. The number of anilines is 1. The number of halogens is 1. The van der Waals surface area contributed by atoms with E-state index in [1.165, 1.54) is 38.5 Å². The number of nitrogens with one attached hydrogen (secondary N) is 1. The predicted molar refractivity (Wildman–Crippen MR) is 110 cm³/mol. The maximum atomic E-state index is 13.8. The van der Waals surface area contributed by atoms with Crippen LogP contribution in [0.2, 0.25) is 0 Å². The van der Waals surface area contributed by atoms with Gasteiger partial charge in [-0.1, -0.05) is 11.6 Å². The number of hydrogen-bond acceptors (Lipinski definition) is 6. The van der Waals surface area contributed by atoms with Crippen molar-refractivity contribution in [1.29, 1.82) is 0 Å². The number of benzene rings is 1. The van der Waals surface area contributed by atoms with Crippen LogP contribution in [0.3, 0.4) is 0 Å². The number of nitrogens with zero attached hydrogens (tertiary/aromatic N) is 3. The molecule has 0 saturated carbocycles. The third-order valence-corrected chi connectivity index (χ3v) is 5.36. The molecule has 0 spiro atoms. The number of hydrogen-bond donors (Lipinski definition) is 1. The Kier molecular flexibility index (Phi) is 6.74. The van der Waals surface area contributed by atoms with Gasteiger partial charge in [0, 0.05) is 38.8 Å². The van der Waals surface area contributed by atoms with Crippen LogP contribution >= 0.6 is 0 Å². The summed E-state index contributed by atoms with van der Waals surface area (Å²) in [6.07, 6.45) is 3.66. The first-order valence-corrected chi connectivity index (χ1v) is 9.95. The smallest absolute Gasteiger partial charge is 0.259 e. The molecule has 0 radical (unpaired) electrons. The molecule has 7 nitrogen and oxygen atoms in total. The SMILES string of the molecule is COc1cc(-c2onc(N(C)C)c2C(=O)NCCN2CCCCC2C)ccc1F. The highest BCUT2D eigenvalue weighted by Gasteiger charge is 2.26. The molecular weight excluding hydrogens is 375 g/mol. The average Bonchev–Trinajstić information content (AvgIpc) is 3.15. The fraction of sp³-hybridized carbons (Fsp3) is 0.524. The van der Waals surface area contributed by atoms with E-state index in [0.29, 0.717) is 29.5 Å². The number of likely N-dealkylation sites (tertiary alicyclic amines) is 1. The first kappa shape index (κ1) is 21.1. The number of amides is 1. The van der Waals surface area contributed by atoms with Crippen molar-refractivity contribution in [3.63, 3.8) is 0 Å². The van der Waals surface area contributed by atoms with Crippen LogP contribution in [0.1, 0.15) is 36.5 Å². The Morgan fingerprint density at radius 1 is 1.41 bits per heavy atom. The van der Waals surface area contributed by atoms with Crippen LogP contribution in [0, 0.1) is 5.82 Å². The van der Waals surface area contributed by atoms with Crippen LogP contribution < -0.4 is 15.0 Å². The number of methoxy groups -OCH3 is 1. The van der Waals surface area contributed by atoms with E-state index in [4.69, 9.17) is 9.26 Å². The van der Waals surface area contributed by atoms with Gasteiger partial charge < -0.3 is 19.5 Å². The molecule has 1 fully saturated rings. The Bertz CT molecular complexity index is 852. The fourth-order valence-corrected chi connectivity index (χ4v) is 3.68. The van der Waals surface area contributed by atoms with Gasteiger partial charge in [0.15, 0.2) is 23.1 Å². The molecule has 1 atom stereocenters. The zero-order chi connectivity index (χ0) is 21.0. The number of carbonyl (C=O) groups excluding carboxylic acids is 1. The Hall–Kier alpha value is -2.61. The standard InChI is InChI=1S/C21H29FN4O3/c1-14-7-5-6-11-26(14)12-10-23-21(27)18-19(29-24-20(18)25(2)3)15-8-9-16(22)17(13-15)28-4/h8-9,13-14H,5-7,10-12H2,1-4H3,(H,23,27). The van der Waals surface area contributed by atoms with Gasteiger partial charge in [-0.05, 0) is 44.5 Å². The molecule has 1 saturated heterocycles. The Morgan fingerprint density at radius 2 is 2.21 bits per heavy atom. The molecule has 3 rings (SSSR count). The Morgan fingerprint density at radius 3 is 2.90 bits per heavy atom. The molecule has 2 heterocycles. The van der Waals surface area contributed by atoms with Gasteiger partial charge in [0.1, 0.15) is 5.56 Å². The first-order valence-electron chi connectivity index (χ1n) is 9.95. The van der Waals surface area contributed by atoms with Crippen LogP contribution in [0.25, 0.3) is 11.3 Å². The van der Waals surface area contributed by atoms with E-state index >= 15 is 0 Å². The van der Waals surface area contributed by atoms with Crippen molar-refractivity contribution in [3.8, 4) is 17.1 Å². The normalized spacial score (nSPS) is 17.2. The molecule has 0 bridgehead atoms. The summed E-state index contributed by atoms with van der Waals surface area (Å²) in [5.74, 6) is 0.0434. The van der Waals surface area contributed by atoms with Crippen LogP contribution in [0.15, 0.2) is 22.7 Å². The van der Waals surface area contributed by atoms with Gasteiger partial charge in [-0.15, -0.1) is 0 Å². The summed E-state index contributed by atoms with van der Waals surface area (Å²) in [7, 11) is 4.97. The van der Waals surface area contributed by atoms with Gasteiger partial charge in [-0.3, -0.25) is 9.69 Å². The molecule has 158 valence electrons. The minimum absolute atomic E-state index is 0.0794. The summed E-state index contributed by atoms with van der Waals surface area (Å²) >= 11 is 0. The fourth-order valence-electron chi connectivity index (χ4n) is 3.68. The maximum absolute atomic E-state index is 13.8. The van der Waals surface area contributed by atoms with E-state index in [-0.39, 0.29) is 17.4 Å². The summed E-state index contributed by atoms with van der Waals surface area (Å²) in [5, 5.41) is 7.03. The monoisotopic (exact) mass is 404 g/mol. The summed E-state index contributed by atoms with van der Waals surface area (Å²) in [6, 6.07) is 4.87. The van der Waals surface area contributed by atoms with Gasteiger partial charge in [-0.2, -0.15) is 0 Å². The second-order valence-corrected chi connectivity index (χ2v) is 7.59. The highest BCUT2D eigenvalue weighted by molar-refractivity contribution is 6.04. The number of carbonyl (C=O) groups is 1. The van der Waals surface area contributed by atoms with Gasteiger partial charge in [0.2, 0.25) is 0 Å². The van der Waals surface area contributed by atoms with E-state index in [2.05, 4.69) is 22.3 Å². The van der Waals surface area contributed by atoms with Crippen molar-refractivity contribution >= 4 is 11.7 Å². The van der Waals surface area contributed by atoms with E-state index in [9.17, 15) is 9.18 Å². The van der Waals surface area contributed by atoms with Crippen molar-refractivity contribution in [2.24, 2.45) is 0 Å². The second-order valence-electron chi connectivity index (χ2n) is 7.59. The molecule has 1 aliphatic heterocycles. The quantitative estimate of drug-likeness (QED) is 0.764. The van der Waals surface area contributed by atoms with E-state index in [1.807, 2.05) is 0 Å². The van der Waals surface area contributed by atoms with Crippen LogP contribution in [0.4, 0.5) is 10.2 Å². The first-order chi connectivity index (χ1) is 13.9. The summed E-state index contributed by atoms with van der Waals surface area (Å²) in [6.45, 7) is 4.63. The van der Waals surface area contributed by atoms with Gasteiger partial charge in [-0.25, -0.2) is 4.39 Å². The zero-order valence-electron chi connectivity index (χ0n) is 17.5. The molecule has 1 aromatic heterocycles. The largest absolute Gasteiger partial charge is 0.494 e. The number of piperidine rings is 1. The Labute approximate surface area is 170 Å². The summed E-state index contributed by atoms with van der Waals surface area (Å²) < 4.78 is 24.3. The van der Waals surface area contributed by atoms with Crippen LogP contribution in [-0.2, 0) is 0 Å². The van der Waals surface area contributed by atoms with Gasteiger partial charge in [0.25, 0.3) is 5.91 Å². The van der Waals surface area contributed by atoms with Crippen molar-refractivity contribution in [2.45, 2.75) is 32.2 Å². The molecule has 1 N–H and O–H groups in total. The highest BCUT2D eigenvalue weighted by Crippen LogP contribution is 2.33. The lowest BCUT2D eigenvalue weighted by atomic mass is 10.0. The van der Waals surface area contributed by atoms with Crippen LogP contribution in [-0.4, -0.2) is 62.8 Å². The van der Waals surface area contributed by atoms with Gasteiger partial charge in [0.05, 0.1) is 7.11 Å². The van der Waals surface area contributed by atoms with E-state index in [0.717, 1.165) is 13.1 Å². The molecule has 29 heavy (non-hydrogen) atoms. The number of aromatic nitrogens is 1. The van der Waals surface area contributed by atoms with Crippen molar-refractivity contribution < 1.29 is 18.4 Å². The molecule has 1 aromatic carbocycles. The Balaban J connectivity index is 1.80. The lowest BCUT2D eigenvalue weighted by Crippen LogP contribution is -2.42. The highest BCUT2D eigenvalue weighted by atomic mass is 19.1. The third kappa shape index (κ3) is 4.70. The zero-order valence-corrected chi connectivity index (χ0v) is 17.5. The number of rotatable bonds is 7. The number of ether oxygens (including phenoxy) is 1. The molecule has 0 aliphatic carbocycles. The van der Waals surface area contributed by atoms with Crippen molar-refractivity contribution in [2.75, 3.05) is 45.7 Å². The van der Waals surface area contributed by atoms with Crippen molar-refractivity contribution in [1.82, 2.24) is 15.4 Å². The minimum Gasteiger partial charge on any atom is -0.494 e. The summed E-state index contributed by atoms with van der Waals surface area (Å²) in [5.41, 5.74) is 0.856. The van der Waals surface area contributed by atoms with Crippen LogP contribution in [0.5, 0.6) is 5.75 Å². The summed E-state index contributed by atoms with van der Waals surface area (Å²) in [4.78, 5) is 17.1. The molecular formula is C21H29FN4O3. The lowest BCUT2D eigenvalue weighted by Gasteiger charge is -2.33. The minimum atomic E-state index is -0.481. The molecule has 1 unspecified atom stereocenters. The van der Waals surface area contributed by atoms with Crippen molar-refractivity contribution in [3.05, 3.63) is 29.6 Å². The third-order valence-electron chi connectivity index (χ3n) is 5.36. The van der Waals surface area contributed by atoms with Gasteiger partial charge >= 0.3 is 0 Å². The molecule has 8 heteroatoms. The molecule has 1 aliphatic rings. The maximum Gasteiger partial charge on any atom is 0.259 e. The average molecular weight is 404 g/mol. The molecule has 2 aromatic rings. The predicted octanol–water partition coefficient (Wildman–Crippen LogP) is 3.16. The molecule has 1 amide bonds. The van der Waals surface area contributed by atoms with E-state index in [1.54, 1.807) is 25.1 Å². The van der Waals surface area contributed by atoms with E-state index < -0.39 is 5.82 Å². The topological polar surface area (TPSA) is 70.8 Å².